The first kappa shape index (κ1) is 24.9. The molecule has 8 nitrogen and oxygen atoms in total. The molecule has 2 N–H and O–H groups in total. The zero-order valence-corrected chi connectivity index (χ0v) is 21.8. The van der Waals surface area contributed by atoms with Crippen molar-refractivity contribution in [3.05, 3.63) is 59.3 Å². The van der Waals surface area contributed by atoms with Crippen LogP contribution in [0.4, 0.5) is 4.79 Å². The number of rotatable bonds is 6. The average Bonchev–Trinajstić information content (AvgIpc) is 3.29. The van der Waals surface area contributed by atoms with Crippen LogP contribution in [0.3, 0.4) is 0 Å². The standard InChI is InChI=1S/C29H32N2O6/c1-27(2,3)37-26(34)31-25(33)28(4,5)23-14-18-12-17(6-8-20(18)30-23)13-24(32)29(10-11-29)19-7-9-21-22(15-19)36-16-35-21/h6-9,12,14-15,30H,10-11,13,16H2,1-5H3,(H,31,33,34). The van der Waals surface area contributed by atoms with Crippen molar-refractivity contribution in [2.24, 2.45) is 0 Å². The number of hydrogen-bond donors (Lipinski definition) is 2. The average molecular weight is 505 g/mol. The predicted molar refractivity (Wildman–Crippen MR) is 138 cm³/mol. The van der Waals surface area contributed by atoms with Crippen molar-refractivity contribution >= 4 is 28.7 Å². The van der Waals surface area contributed by atoms with E-state index in [1.165, 1.54) is 0 Å². The highest BCUT2D eigenvalue weighted by Crippen LogP contribution is 2.51. The third-order valence-corrected chi connectivity index (χ3v) is 7.11. The van der Waals surface area contributed by atoms with Crippen molar-refractivity contribution in [1.29, 1.82) is 0 Å². The Balaban J connectivity index is 1.31. The molecule has 1 fully saturated rings. The molecule has 0 radical (unpaired) electrons. The molecule has 1 aliphatic heterocycles. The van der Waals surface area contributed by atoms with Crippen LogP contribution < -0.4 is 14.8 Å². The molecule has 0 atom stereocenters. The summed E-state index contributed by atoms with van der Waals surface area (Å²) in [4.78, 5) is 41.7. The van der Waals surface area contributed by atoms with E-state index in [4.69, 9.17) is 14.2 Å². The number of hydrogen-bond acceptors (Lipinski definition) is 6. The van der Waals surface area contributed by atoms with Crippen LogP contribution >= 0.6 is 0 Å². The van der Waals surface area contributed by atoms with Gasteiger partial charge in [0.2, 0.25) is 12.7 Å². The quantitative estimate of drug-likeness (QED) is 0.486. The summed E-state index contributed by atoms with van der Waals surface area (Å²) in [6.45, 7) is 8.90. The molecule has 1 aromatic heterocycles. The molecular weight excluding hydrogens is 472 g/mol. The van der Waals surface area contributed by atoms with E-state index in [1.54, 1.807) is 34.6 Å². The normalized spacial score (nSPS) is 15.9. The number of aromatic nitrogens is 1. The fourth-order valence-corrected chi connectivity index (χ4v) is 4.71. The molecule has 1 saturated carbocycles. The fraction of sp³-hybridized carbons (Fsp3) is 0.414. The van der Waals surface area contributed by atoms with Gasteiger partial charge in [0.15, 0.2) is 11.5 Å². The number of fused-ring (bicyclic) bond motifs is 2. The van der Waals surface area contributed by atoms with Gasteiger partial charge in [0.05, 0.1) is 10.8 Å². The molecule has 194 valence electrons. The first-order valence-corrected chi connectivity index (χ1v) is 12.5. The van der Waals surface area contributed by atoms with Gasteiger partial charge in [0.25, 0.3) is 0 Å². The monoisotopic (exact) mass is 504 g/mol. The summed E-state index contributed by atoms with van der Waals surface area (Å²) < 4.78 is 16.1. The molecule has 0 bridgehead atoms. The summed E-state index contributed by atoms with van der Waals surface area (Å²) in [5, 5.41) is 3.22. The smallest absolute Gasteiger partial charge is 0.414 e. The van der Waals surface area contributed by atoms with Crippen molar-refractivity contribution in [2.75, 3.05) is 6.79 Å². The first-order chi connectivity index (χ1) is 17.4. The number of Topliss-reactive ketones (excluding diaryl/α,β-unsaturated/α-hetero) is 1. The maximum atomic E-state index is 13.4. The van der Waals surface area contributed by atoms with Crippen LogP contribution in [0.15, 0.2) is 42.5 Å². The van der Waals surface area contributed by atoms with E-state index in [1.807, 2.05) is 42.5 Å². The predicted octanol–water partition coefficient (Wildman–Crippen LogP) is 5.07. The van der Waals surface area contributed by atoms with Crippen LogP contribution in [-0.4, -0.2) is 35.2 Å². The Bertz CT molecular complexity index is 1410. The molecule has 2 amide bonds. The van der Waals surface area contributed by atoms with Crippen molar-refractivity contribution in [1.82, 2.24) is 10.3 Å². The van der Waals surface area contributed by atoms with E-state index in [-0.39, 0.29) is 12.6 Å². The Morgan fingerprint density at radius 1 is 0.973 bits per heavy atom. The second-order valence-electron chi connectivity index (χ2n) is 11.4. The molecule has 0 unspecified atom stereocenters. The summed E-state index contributed by atoms with van der Waals surface area (Å²) in [5.74, 6) is 1.11. The van der Waals surface area contributed by atoms with Gasteiger partial charge in [-0.25, -0.2) is 4.79 Å². The molecule has 3 aromatic rings. The molecule has 2 heterocycles. The molecule has 1 aliphatic carbocycles. The summed E-state index contributed by atoms with van der Waals surface area (Å²) in [6.07, 6.45) is 1.18. The SMILES string of the molecule is CC(C)(C)OC(=O)NC(=O)C(C)(C)c1cc2cc(CC(=O)C3(c4ccc5c(c4)OCO5)CC3)ccc2[nH]1. The highest BCUT2D eigenvalue weighted by molar-refractivity contribution is 5.99. The lowest BCUT2D eigenvalue weighted by Crippen LogP contribution is -2.45. The minimum atomic E-state index is -1.01. The van der Waals surface area contributed by atoms with Gasteiger partial charge < -0.3 is 19.2 Å². The molecular formula is C29H32N2O6. The van der Waals surface area contributed by atoms with Crippen molar-refractivity contribution in [3.63, 3.8) is 0 Å². The molecule has 2 aromatic carbocycles. The summed E-state index contributed by atoms with van der Waals surface area (Å²) in [6, 6.07) is 13.5. The van der Waals surface area contributed by atoms with Crippen LogP contribution in [0.25, 0.3) is 10.9 Å². The minimum Gasteiger partial charge on any atom is -0.454 e. The van der Waals surface area contributed by atoms with E-state index in [0.29, 0.717) is 23.6 Å². The van der Waals surface area contributed by atoms with Gasteiger partial charge in [0.1, 0.15) is 11.4 Å². The number of nitrogens with one attached hydrogen (secondary N) is 2. The van der Waals surface area contributed by atoms with Gasteiger partial charge in [-0.3, -0.25) is 14.9 Å². The Morgan fingerprint density at radius 3 is 2.41 bits per heavy atom. The number of benzene rings is 2. The molecule has 0 spiro atoms. The second kappa shape index (κ2) is 8.64. The number of alkyl carbamates (subject to hydrolysis) is 1. The van der Waals surface area contributed by atoms with Gasteiger partial charge in [-0.05, 0) is 94.3 Å². The summed E-state index contributed by atoms with van der Waals surface area (Å²) >= 11 is 0. The number of carbonyl (C=O) groups is 3. The largest absolute Gasteiger partial charge is 0.454 e. The number of aromatic amines is 1. The number of H-pyrrole nitrogens is 1. The van der Waals surface area contributed by atoms with E-state index in [9.17, 15) is 14.4 Å². The molecule has 37 heavy (non-hydrogen) atoms. The number of ketones is 1. The lowest BCUT2D eigenvalue weighted by Gasteiger charge is -2.24. The third-order valence-electron chi connectivity index (χ3n) is 7.11. The number of carbonyl (C=O) groups excluding carboxylic acids is 3. The van der Waals surface area contributed by atoms with E-state index in [2.05, 4.69) is 10.3 Å². The Morgan fingerprint density at radius 2 is 1.70 bits per heavy atom. The Hall–Kier alpha value is -3.81. The third kappa shape index (κ3) is 4.80. The van der Waals surface area contributed by atoms with Gasteiger partial charge in [-0.2, -0.15) is 0 Å². The van der Waals surface area contributed by atoms with Crippen molar-refractivity contribution in [3.8, 4) is 11.5 Å². The van der Waals surface area contributed by atoms with E-state index in [0.717, 1.165) is 34.9 Å². The highest BCUT2D eigenvalue weighted by atomic mass is 16.7. The zero-order chi connectivity index (χ0) is 26.6. The lowest BCUT2D eigenvalue weighted by molar-refractivity contribution is -0.125. The zero-order valence-electron chi connectivity index (χ0n) is 21.8. The Labute approximate surface area is 215 Å². The van der Waals surface area contributed by atoms with Gasteiger partial charge in [0, 0.05) is 17.6 Å². The molecule has 8 heteroatoms. The van der Waals surface area contributed by atoms with Crippen molar-refractivity contribution < 1.29 is 28.6 Å². The maximum Gasteiger partial charge on any atom is 0.414 e. The van der Waals surface area contributed by atoms with Crippen molar-refractivity contribution in [2.45, 2.75) is 70.3 Å². The lowest BCUT2D eigenvalue weighted by atomic mass is 9.87. The topological polar surface area (TPSA) is 107 Å². The van der Waals surface area contributed by atoms with E-state index < -0.39 is 28.4 Å². The highest BCUT2D eigenvalue weighted by Gasteiger charge is 2.50. The number of imide groups is 1. The second-order valence-corrected chi connectivity index (χ2v) is 11.4. The molecule has 0 saturated heterocycles. The van der Waals surface area contributed by atoms with E-state index >= 15 is 0 Å². The summed E-state index contributed by atoms with van der Waals surface area (Å²) in [7, 11) is 0. The fourth-order valence-electron chi connectivity index (χ4n) is 4.71. The van der Waals surface area contributed by atoms with Crippen LogP contribution in [0.2, 0.25) is 0 Å². The first-order valence-electron chi connectivity index (χ1n) is 12.5. The van der Waals surface area contributed by atoms with Gasteiger partial charge in [-0.1, -0.05) is 12.1 Å². The Kier molecular flexibility index (Phi) is 5.81. The summed E-state index contributed by atoms with van der Waals surface area (Å²) in [5.41, 5.74) is 1.21. The van der Waals surface area contributed by atoms with Gasteiger partial charge in [-0.15, -0.1) is 0 Å². The minimum absolute atomic E-state index is 0.179. The number of amides is 2. The van der Waals surface area contributed by atoms with Crippen LogP contribution in [0.5, 0.6) is 11.5 Å². The number of ether oxygens (including phenoxy) is 3. The van der Waals surface area contributed by atoms with Crippen LogP contribution in [0, 0.1) is 0 Å². The van der Waals surface area contributed by atoms with Gasteiger partial charge >= 0.3 is 6.09 Å². The molecule has 2 aliphatic rings. The maximum absolute atomic E-state index is 13.4. The molecule has 5 rings (SSSR count). The van der Waals surface area contributed by atoms with Crippen LogP contribution in [0.1, 0.15) is 64.3 Å². The van der Waals surface area contributed by atoms with Crippen LogP contribution in [-0.2, 0) is 31.6 Å².